The van der Waals surface area contributed by atoms with Gasteiger partial charge in [0.1, 0.15) is 0 Å². The van der Waals surface area contributed by atoms with Gasteiger partial charge in [-0.05, 0) is 24.6 Å². The van der Waals surface area contributed by atoms with Gasteiger partial charge < -0.3 is 29.9 Å². The molecule has 7 nitrogen and oxygen atoms in total. The Morgan fingerprint density at radius 1 is 1.04 bits per heavy atom. The van der Waals surface area contributed by atoms with Gasteiger partial charge >= 0.3 is 6.03 Å². The maximum absolute atomic E-state index is 12.1. The molecule has 25 heavy (non-hydrogen) atoms. The van der Waals surface area contributed by atoms with Gasteiger partial charge in [-0.15, -0.1) is 0 Å². The van der Waals surface area contributed by atoms with Gasteiger partial charge in [-0.2, -0.15) is 0 Å². The van der Waals surface area contributed by atoms with Crippen molar-refractivity contribution in [3.63, 3.8) is 0 Å². The second-order valence-corrected chi connectivity index (χ2v) is 6.28. The Morgan fingerprint density at radius 3 is 2.32 bits per heavy atom. The second kappa shape index (κ2) is 8.92. The van der Waals surface area contributed by atoms with Crippen molar-refractivity contribution in [2.75, 3.05) is 74.3 Å². The molecule has 0 spiro atoms. The van der Waals surface area contributed by atoms with Crippen LogP contribution < -0.4 is 20.4 Å². The van der Waals surface area contributed by atoms with E-state index < -0.39 is 0 Å². The SMILES string of the molecule is CCCNC(=O)Nc1ccc(N2CCOCC2)cc1N1CCOCC1. The van der Waals surface area contributed by atoms with E-state index in [1.54, 1.807) is 0 Å². The maximum Gasteiger partial charge on any atom is 0.319 e. The molecule has 2 heterocycles. The number of morpholine rings is 2. The first-order valence-corrected chi connectivity index (χ1v) is 9.12. The number of nitrogens with zero attached hydrogens (tertiary/aromatic N) is 2. The normalized spacial score (nSPS) is 18.1. The first kappa shape index (κ1) is 17.8. The topological polar surface area (TPSA) is 66.1 Å². The molecule has 0 saturated carbocycles. The Hall–Kier alpha value is -1.99. The van der Waals surface area contributed by atoms with E-state index in [-0.39, 0.29) is 6.03 Å². The highest BCUT2D eigenvalue weighted by molar-refractivity contribution is 5.94. The Kier molecular flexibility index (Phi) is 6.36. The molecule has 0 bridgehead atoms. The van der Waals surface area contributed by atoms with E-state index in [9.17, 15) is 4.79 Å². The van der Waals surface area contributed by atoms with Crippen LogP contribution in [0.5, 0.6) is 0 Å². The number of anilines is 3. The number of ether oxygens (including phenoxy) is 2. The molecule has 7 heteroatoms. The number of rotatable bonds is 5. The molecule has 2 amide bonds. The zero-order valence-corrected chi connectivity index (χ0v) is 14.9. The lowest BCUT2D eigenvalue weighted by Gasteiger charge is -2.33. The number of carbonyl (C=O) groups excluding carboxylic acids is 1. The average molecular weight is 348 g/mol. The summed E-state index contributed by atoms with van der Waals surface area (Å²) in [7, 11) is 0. The fourth-order valence-corrected chi connectivity index (χ4v) is 3.11. The summed E-state index contributed by atoms with van der Waals surface area (Å²) in [4.78, 5) is 16.7. The van der Waals surface area contributed by atoms with Gasteiger partial charge in [0.2, 0.25) is 0 Å². The van der Waals surface area contributed by atoms with Crippen molar-refractivity contribution in [3.05, 3.63) is 18.2 Å². The van der Waals surface area contributed by atoms with E-state index >= 15 is 0 Å². The van der Waals surface area contributed by atoms with Gasteiger partial charge in [0.15, 0.2) is 0 Å². The van der Waals surface area contributed by atoms with Crippen LogP contribution in [0.2, 0.25) is 0 Å². The average Bonchev–Trinajstić information content (AvgIpc) is 2.68. The highest BCUT2D eigenvalue weighted by Crippen LogP contribution is 2.32. The summed E-state index contributed by atoms with van der Waals surface area (Å²) < 4.78 is 10.9. The van der Waals surface area contributed by atoms with Crippen LogP contribution in [0.4, 0.5) is 21.9 Å². The molecule has 2 aliphatic heterocycles. The summed E-state index contributed by atoms with van der Waals surface area (Å²) in [6.45, 7) is 9.10. The van der Waals surface area contributed by atoms with Gasteiger partial charge in [-0.25, -0.2) is 4.79 Å². The summed E-state index contributed by atoms with van der Waals surface area (Å²) in [5.41, 5.74) is 3.07. The minimum Gasteiger partial charge on any atom is -0.378 e. The molecule has 3 rings (SSSR count). The van der Waals surface area contributed by atoms with Crippen molar-refractivity contribution in [3.8, 4) is 0 Å². The number of hydrogen-bond donors (Lipinski definition) is 2. The van der Waals surface area contributed by atoms with Crippen LogP contribution in [-0.4, -0.2) is 65.2 Å². The van der Waals surface area contributed by atoms with Crippen LogP contribution in [0.15, 0.2) is 18.2 Å². The van der Waals surface area contributed by atoms with Gasteiger partial charge in [-0.3, -0.25) is 0 Å². The lowest BCUT2D eigenvalue weighted by atomic mass is 10.2. The Labute approximate surface area is 149 Å². The molecular weight excluding hydrogens is 320 g/mol. The lowest BCUT2D eigenvalue weighted by Crippen LogP contribution is -2.38. The number of nitrogens with one attached hydrogen (secondary N) is 2. The molecule has 0 unspecified atom stereocenters. The number of benzene rings is 1. The summed E-state index contributed by atoms with van der Waals surface area (Å²) >= 11 is 0. The van der Waals surface area contributed by atoms with E-state index in [1.807, 2.05) is 13.0 Å². The molecule has 138 valence electrons. The van der Waals surface area contributed by atoms with Crippen LogP contribution >= 0.6 is 0 Å². The van der Waals surface area contributed by atoms with Crippen molar-refractivity contribution >= 4 is 23.1 Å². The fourth-order valence-electron chi connectivity index (χ4n) is 3.11. The van der Waals surface area contributed by atoms with E-state index in [4.69, 9.17) is 9.47 Å². The molecule has 2 saturated heterocycles. The van der Waals surface area contributed by atoms with Crippen LogP contribution in [0.3, 0.4) is 0 Å². The minimum atomic E-state index is -0.157. The molecule has 1 aromatic rings. The zero-order valence-electron chi connectivity index (χ0n) is 14.9. The predicted octanol–water partition coefficient (Wildman–Crippen LogP) is 1.89. The first-order valence-electron chi connectivity index (χ1n) is 9.12. The van der Waals surface area contributed by atoms with Crippen LogP contribution in [0.25, 0.3) is 0 Å². The minimum absolute atomic E-state index is 0.157. The summed E-state index contributed by atoms with van der Waals surface area (Å²) in [5.74, 6) is 0. The second-order valence-electron chi connectivity index (χ2n) is 6.28. The molecule has 2 fully saturated rings. The van der Waals surface area contributed by atoms with Crippen LogP contribution in [0.1, 0.15) is 13.3 Å². The first-order chi connectivity index (χ1) is 12.3. The standard InChI is InChI=1S/C18H28N4O3/c1-2-5-19-18(23)20-16-4-3-15(21-6-10-24-11-7-21)14-17(16)22-8-12-25-13-9-22/h3-4,14H,2,5-13H2,1H3,(H2,19,20,23). The summed E-state index contributed by atoms with van der Waals surface area (Å²) in [6, 6.07) is 6.09. The van der Waals surface area contributed by atoms with Crippen LogP contribution in [-0.2, 0) is 9.47 Å². The molecular formula is C18H28N4O3. The third-order valence-corrected chi connectivity index (χ3v) is 4.49. The van der Waals surface area contributed by atoms with Crippen molar-refractivity contribution in [1.82, 2.24) is 5.32 Å². The van der Waals surface area contributed by atoms with E-state index in [0.717, 1.165) is 57.2 Å². The van der Waals surface area contributed by atoms with Crippen molar-refractivity contribution in [2.45, 2.75) is 13.3 Å². The highest BCUT2D eigenvalue weighted by atomic mass is 16.5. The quantitative estimate of drug-likeness (QED) is 0.851. The molecule has 0 aliphatic carbocycles. The largest absolute Gasteiger partial charge is 0.378 e. The van der Waals surface area contributed by atoms with E-state index in [1.165, 1.54) is 5.69 Å². The molecule has 0 radical (unpaired) electrons. The number of urea groups is 1. The third kappa shape index (κ3) is 4.76. The highest BCUT2D eigenvalue weighted by Gasteiger charge is 2.19. The van der Waals surface area contributed by atoms with Gasteiger partial charge in [-0.1, -0.05) is 6.92 Å². The summed E-state index contributed by atoms with van der Waals surface area (Å²) in [5, 5.41) is 5.87. The zero-order chi connectivity index (χ0) is 17.5. The van der Waals surface area contributed by atoms with Gasteiger partial charge in [0, 0.05) is 38.4 Å². The third-order valence-electron chi connectivity index (χ3n) is 4.49. The number of carbonyl (C=O) groups is 1. The van der Waals surface area contributed by atoms with E-state index in [0.29, 0.717) is 19.8 Å². The molecule has 2 aliphatic rings. The number of amides is 2. The number of hydrogen-bond acceptors (Lipinski definition) is 5. The predicted molar refractivity (Wildman–Crippen MR) is 99.8 cm³/mol. The molecule has 2 N–H and O–H groups in total. The smallest absolute Gasteiger partial charge is 0.319 e. The van der Waals surface area contributed by atoms with Gasteiger partial charge in [0.05, 0.1) is 37.8 Å². The monoisotopic (exact) mass is 348 g/mol. The van der Waals surface area contributed by atoms with Crippen molar-refractivity contribution in [2.24, 2.45) is 0 Å². The molecule has 0 aromatic heterocycles. The Morgan fingerprint density at radius 2 is 1.68 bits per heavy atom. The van der Waals surface area contributed by atoms with Crippen molar-refractivity contribution in [1.29, 1.82) is 0 Å². The Bertz CT molecular complexity index is 569. The molecule has 0 atom stereocenters. The molecule has 1 aromatic carbocycles. The fraction of sp³-hybridized carbons (Fsp3) is 0.611. The van der Waals surface area contributed by atoms with Crippen LogP contribution in [0, 0.1) is 0 Å². The van der Waals surface area contributed by atoms with Crippen molar-refractivity contribution < 1.29 is 14.3 Å². The maximum atomic E-state index is 12.1. The lowest BCUT2D eigenvalue weighted by molar-refractivity contribution is 0.122. The Balaban J connectivity index is 1.80. The van der Waals surface area contributed by atoms with Gasteiger partial charge in [0.25, 0.3) is 0 Å². The van der Waals surface area contributed by atoms with E-state index in [2.05, 4.69) is 32.6 Å². The summed E-state index contributed by atoms with van der Waals surface area (Å²) in [6.07, 6.45) is 0.916.